The van der Waals surface area contributed by atoms with Gasteiger partial charge in [0.05, 0.1) is 4.60 Å². The van der Waals surface area contributed by atoms with Gasteiger partial charge in [-0.25, -0.2) is 0 Å². The van der Waals surface area contributed by atoms with Gasteiger partial charge >= 0.3 is 0 Å². The quantitative estimate of drug-likeness (QED) is 0.859. The van der Waals surface area contributed by atoms with Gasteiger partial charge in [0.25, 0.3) is 0 Å². The molecule has 1 atom stereocenters. The number of hydrogen-bond acceptors (Lipinski definition) is 1. The lowest BCUT2D eigenvalue weighted by atomic mass is 10.2. The van der Waals surface area contributed by atoms with Gasteiger partial charge in [0, 0.05) is 22.6 Å². The first-order valence-electron chi connectivity index (χ1n) is 3.38. The van der Waals surface area contributed by atoms with E-state index in [1.165, 1.54) is 0 Å². The van der Waals surface area contributed by atoms with E-state index in [1.54, 1.807) is 0 Å². The van der Waals surface area contributed by atoms with Gasteiger partial charge in [-0.2, -0.15) is 0 Å². The summed E-state index contributed by atoms with van der Waals surface area (Å²) in [4.78, 5) is 3.17. The molecule has 0 aromatic carbocycles. The molecule has 0 aliphatic carbocycles. The van der Waals surface area contributed by atoms with Crippen LogP contribution in [0.15, 0.2) is 15.1 Å². The molecule has 1 unspecified atom stereocenters. The lowest BCUT2D eigenvalue weighted by Crippen LogP contribution is -2.17. The minimum Gasteiger partial charge on any atom is -0.352 e. The molecular weight excluding hydrogens is 272 g/mol. The molecule has 0 fully saturated rings. The maximum Gasteiger partial charge on any atom is 0.0966 e. The second-order valence-electron chi connectivity index (χ2n) is 2.64. The molecule has 0 aliphatic heterocycles. The van der Waals surface area contributed by atoms with Crippen molar-refractivity contribution < 1.29 is 0 Å². The summed E-state index contributed by atoms with van der Waals surface area (Å²) < 4.78 is 2.03. The SMILES string of the molecule is CC(N)Cc1cc(Br)c(Br)[nH]1. The normalized spacial score (nSPS) is 13.5. The summed E-state index contributed by atoms with van der Waals surface area (Å²) >= 11 is 6.75. The highest BCUT2D eigenvalue weighted by Gasteiger charge is 2.03. The van der Waals surface area contributed by atoms with Crippen molar-refractivity contribution in [3.8, 4) is 0 Å². The van der Waals surface area contributed by atoms with Crippen molar-refractivity contribution in [2.24, 2.45) is 5.73 Å². The standard InChI is InChI=1S/C7H10Br2N2/c1-4(10)2-5-3-6(8)7(9)11-5/h3-4,11H,2,10H2,1H3. The van der Waals surface area contributed by atoms with Crippen molar-refractivity contribution in [2.75, 3.05) is 0 Å². The van der Waals surface area contributed by atoms with E-state index >= 15 is 0 Å². The highest BCUT2D eigenvalue weighted by Crippen LogP contribution is 2.23. The largest absolute Gasteiger partial charge is 0.352 e. The maximum absolute atomic E-state index is 5.63. The average molecular weight is 282 g/mol. The first kappa shape index (κ1) is 9.29. The molecule has 3 N–H and O–H groups in total. The van der Waals surface area contributed by atoms with Crippen LogP contribution in [0.2, 0.25) is 0 Å². The Morgan fingerprint density at radius 1 is 1.64 bits per heavy atom. The number of halogens is 2. The van der Waals surface area contributed by atoms with E-state index in [9.17, 15) is 0 Å². The molecule has 0 saturated heterocycles. The summed E-state index contributed by atoms with van der Waals surface area (Å²) in [5, 5.41) is 0. The van der Waals surface area contributed by atoms with Gasteiger partial charge in [-0.05, 0) is 44.8 Å². The van der Waals surface area contributed by atoms with Crippen LogP contribution in [0.25, 0.3) is 0 Å². The molecule has 2 nitrogen and oxygen atoms in total. The monoisotopic (exact) mass is 280 g/mol. The van der Waals surface area contributed by atoms with Gasteiger partial charge in [0.15, 0.2) is 0 Å². The number of rotatable bonds is 2. The van der Waals surface area contributed by atoms with E-state index in [-0.39, 0.29) is 6.04 Å². The third-order valence-electron chi connectivity index (χ3n) is 1.32. The lowest BCUT2D eigenvalue weighted by Gasteiger charge is -2.00. The highest BCUT2D eigenvalue weighted by molar-refractivity contribution is 9.13. The van der Waals surface area contributed by atoms with Gasteiger partial charge in [-0.15, -0.1) is 0 Å². The van der Waals surface area contributed by atoms with Crippen LogP contribution in [-0.4, -0.2) is 11.0 Å². The fourth-order valence-corrected chi connectivity index (χ4v) is 1.65. The van der Waals surface area contributed by atoms with Gasteiger partial charge in [-0.3, -0.25) is 0 Å². The van der Waals surface area contributed by atoms with E-state index in [0.717, 1.165) is 21.2 Å². The molecule has 0 saturated carbocycles. The van der Waals surface area contributed by atoms with Crippen molar-refractivity contribution in [3.63, 3.8) is 0 Å². The molecule has 11 heavy (non-hydrogen) atoms. The summed E-state index contributed by atoms with van der Waals surface area (Å²) in [6.45, 7) is 1.99. The average Bonchev–Trinajstić information content (AvgIpc) is 2.10. The summed E-state index contributed by atoms with van der Waals surface area (Å²) in [6.07, 6.45) is 0.879. The minimum absolute atomic E-state index is 0.201. The second kappa shape index (κ2) is 3.74. The predicted octanol–water partition coefficient (Wildman–Crippen LogP) is 2.43. The van der Waals surface area contributed by atoms with Crippen molar-refractivity contribution in [1.29, 1.82) is 0 Å². The lowest BCUT2D eigenvalue weighted by molar-refractivity contribution is 0.725. The van der Waals surface area contributed by atoms with Crippen molar-refractivity contribution in [3.05, 3.63) is 20.8 Å². The van der Waals surface area contributed by atoms with Crippen molar-refractivity contribution in [1.82, 2.24) is 4.98 Å². The van der Waals surface area contributed by atoms with Gasteiger partial charge in [0.1, 0.15) is 0 Å². The molecule has 0 amide bonds. The molecule has 1 aromatic heterocycles. The predicted molar refractivity (Wildman–Crippen MR) is 53.5 cm³/mol. The zero-order valence-electron chi connectivity index (χ0n) is 6.20. The van der Waals surface area contributed by atoms with Crippen LogP contribution in [0, 0.1) is 0 Å². The van der Waals surface area contributed by atoms with Gasteiger partial charge in [0.2, 0.25) is 0 Å². The van der Waals surface area contributed by atoms with E-state index < -0.39 is 0 Å². The van der Waals surface area contributed by atoms with E-state index in [4.69, 9.17) is 5.73 Å². The number of nitrogens with one attached hydrogen (secondary N) is 1. The van der Waals surface area contributed by atoms with E-state index in [2.05, 4.69) is 36.8 Å². The third-order valence-corrected chi connectivity index (χ3v) is 3.11. The number of H-pyrrole nitrogens is 1. The molecule has 62 valence electrons. The first-order valence-corrected chi connectivity index (χ1v) is 4.96. The van der Waals surface area contributed by atoms with Crippen LogP contribution in [0.4, 0.5) is 0 Å². The fraction of sp³-hybridized carbons (Fsp3) is 0.429. The van der Waals surface area contributed by atoms with Crippen LogP contribution >= 0.6 is 31.9 Å². The van der Waals surface area contributed by atoms with E-state index in [0.29, 0.717) is 0 Å². The smallest absolute Gasteiger partial charge is 0.0966 e. The molecule has 0 bridgehead atoms. The second-order valence-corrected chi connectivity index (χ2v) is 4.29. The Hall–Kier alpha value is 0.200. The van der Waals surface area contributed by atoms with Crippen LogP contribution in [-0.2, 0) is 6.42 Å². The summed E-state index contributed by atoms with van der Waals surface area (Å²) in [6, 6.07) is 2.24. The Morgan fingerprint density at radius 2 is 2.27 bits per heavy atom. The van der Waals surface area contributed by atoms with Gasteiger partial charge < -0.3 is 10.7 Å². The van der Waals surface area contributed by atoms with Gasteiger partial charge in [-0.1, -0.05) is 0 Å². The molecule has 1 rings (SSSR count). The molecule has 0 radical (unpaired) electrons. The minimum atomic E-state index is 0.201. The Morgan fingerprint density at radius 3 is 2.64 bits per heavy atom. The topological polar surface area (TPSA) is 41.8 Å². The van der Waals surface area contributed by atoms with Crippen LogP contribution in [0.1, 0.15) is 12.6 Å². The number of hydrogen-bond donors (Lipinski definition) is 2. The summed E-state index contributed by atoms with van der Waals surface area (Å²) in [7, 11) is 0. The Bertz CT molecular complexity index is 223. The van der Waals surface area contributed by atoms with Crippen LogP contribution in [0.5, 0.6) is 0 Å². The Kier molecular flexibility index (Phi) is 3.16. The van der Waals surface area contributed by atoms with Crippen LogP contribution in [0.3, 0.4) is 0 Å². The molecule has 1 aromatic rings. The number of aromatic nitrogens is 1. The number of aromatic amines is 1. The zero-order valence-corrected chi connectivity index (χ0v) is 9.37. The molecule has 0 spiro atoms. The Labute approximate surface area is 82.8 Å². The molecule has 0 aliphatic rings. The highest BCUT2D eigenvalue weighted by atomic mass is 79.9. The van der Waals surface area contributed by atoms with Crippen molar-refractivity contribution >= 4 is 31.9 Å². The summed E-state index contributed by atoms with van der Waals surface area (Å²) in [5.41, 5.74) is 6.78. The zero-order chi connectivity index (χ0) is 8.43. The number of nitrogens with two attached hydrogens (primary N) is 1. The Balaban J connectivity index is 2.73. The van der Waals surface area contributed by atoms with Crippen LogP contribution < -0.4 is 5.73 Å². The summed E-state index contributed by atoms with van der Waals surface area (Å²) in [5.74, 6) is 0. The fourth-order valence-electron chi connectivity index (χ4n) is 0.910. The third kappa shape index (κ3) is 2.61. The molecule has 1 heterocycles. The molecular formula is C7H10Br2N2. The molecule has 4 heteroatoms. The van der Waals surface area contributed by atoms with E-state index in [1.807, 2.05) is 13.0 Å². The van der Waals surface area contributed by atoms with Crippen molar-refractivity contribution in [2.45, 2.75) is 19.4 Å². The first-order chi connectivity index (χ1) is 5.09. The maximum atomic E-state index is 5.63.